The zero-order chi connectivity index (χ0) is 18.4. The Balaban J connectivity index is 1.98. The van der Waals surface area contributed by atoms with E-state index in [0.717, 1.165) is 43.6 Å². The van der Waals surface area contributed by atoms with Gasteiger partial charge in [0.1, 0.15) is 0 Å². The number of nitrogens with one attached hydrogen (secondary N) is 3. The van der Waals surface area contributed by atoms with Gasteiger partial charge in [-0.3, -0.25) is 4.79 Å². The molecule has 0 spiro atoms. The fourth-order valence-corrected chi connectivity index (χ4v) is 4.62. The van der Waals surface area contributed by atoms with E-state index in [-0.39, 0.29) is 5.91 Å². The zero-order valence-corrected chi connectivity index (χ0v) is 15.2. The van der Waals surface area contributed by atoms with E-state index >= 15 is 0 Å². The zero-order valence-electron chi connectivity index (χ0n) is 13.7. The Kier molecular flexibility index (Phi) is 2.81. The summed E-state index contributed by atoms with van der Waals surface area (Å²) in [5.41, 5.74) is 4.42. The van der Waals surface area contributed by atoms with Gasteiger partial charge in [0, 0.05) is 48.2 Å². The second-order valence-electron chi connectivity index (χ2n) is 6.79. The molecule has 3 aromatic carbocycles. The molecule has 2 aromatic heterocycles. The number of rotatable bonds is 0. The maximum Gasteiger partial charge on any atom is 0.254 e. The van der Waals surface area contributed by atoms with Gasteiger partial charge in [0.2, 0.25) is 0 Å². The lowest BCUT2D eigenvalue weighted by Gasteiger charge is -2.07. The molecule has 27 heavy (non-hydrogen) atoms. The molecule has 7 heteroatoms. The van der Waals surface area contributed by atoms with Crippen molar-refractivity contribution in [1.29, 1.82) is 0 Å². The summed E-state index contributed by atoms with van der Waals surface area (Å²) in [4.78, 5) is 19.6. The predicted octanol–water partition coefficient (Wildman–Crippen LogP) is 5.00. The Bertz CT molecular complexity index is 1460. The van der Waals surface area contributed by atoms with Gasteiger partial charge < -0.3 is 20.4 Å². The van der Waals surface area contributed by atoms with E-state index in [9.17, 15) is 9.90 Å². The maximum atomic E-state index is 12.7. The molecule has 0 saturated carbocycles. The van der Waals surface area contributed by atoms with E-state index in [1.807, 2.05) is 30.3 Å². The van der Waals surface area contributed by atoms with Gasteiger partial charge in [-0.05, 0) is 36.4 Å². The number of fused-ring (bicyclic) bond motifs is 10. The van der Waals surface area contributed by atoms with Crippen LogP contribution in [0.1, 0.15) is 22.1 Å². The summed E-state index contributed by atoms with van der Waals surface area (Å²) in [5.74, 6) is -0.304. The number of carbonyl (C=O) groups is 1. The van der Waals surface area contributed by atoms with Crippen LogP contribution in [0.15, 0.2) is 36.4 Å². The fraction of sp³-hybridized carbons (Fsp3) is 0.0500. The van der Waals surface area contributed by atoms with Crippen molar-refractivity contribution in [2.24, 2.45) is 0 Å². The quantitative estimate of drug-likeness (QED) is 0.297. The Morgan fingerprint density at radius 1 is 0.852 bits per heavy atom. The molecule has 1 unspecified atom stereocenters. The van der Waals surface area contributed by atoms with Gasteiger partial charge in [0.15, 0.2) is 6.23 Å². The first-order valence-corrected chi connectivity index (χ1v) is 9.15. The molecule has 1 atom stereocenters. The molecule has 1 aliphatic rings. The summed E-state index contributed by atoms with van der Waals surface area (Å²) in [6.45, 7) is 0. The van der Waals surface area contributed by atoms with Crippen LogP contribution in [0.25, 0.3) is 43.6 Å². The highest BCUT2D eigenvalue weighted by molar-refractivity contribution is 6.35. The van der Waals surface area contributed by atoms with Crippen molar-refractivity contribution in [3.8, 4) is 0 Å². The van der Waals surface area contributed by atoms with Crippen LogP contribution < -0.4 is 5.32 Å². The smallest absolute Gasteiger partial charge is 0.254 e. The number of amides is 1. The van der Waals surface area contributed by atoms with Gasteiger partial charge in [0.05, 0.1) is 16.6 Å². The first-order valence-electron chi connectivity index (χ1n) is 8.39. The van der Waals surface area contributed by atoms with Crippen LogP contribution in [0.5, 0.6) is 0 Å². The summed E-state index contributed by atoms with van der Waals surface area (Å²) in [6, 6.07) is 11.1. The average Bonchev–Trinajstić information content (AvgIpc) is 3.26. The lowest BCUT2D eigenvalue weighted by molar-refractivity contribution is 0.0853. The molecule has 1 amide bonds. The lowest BCUT2D eigenvalue weighted by atomic mass is 9.96. The number of H-pyrrole nitrogens is 2. The van der Waals surface area contributed by atoms with E-state index < -0.39 is 6.23 Å². The predicted molar refractivity (Wildman–Crippen MR) is 108 cm³/mol. The molecule has 0 fully saturated rings. The summed E-state index contributed by atoms with van der Waals surface area (Å²) in [6.07, 6.45) is -1.08. The molecule has 0 saturated heterocycles. The Hall–Kier alpha value is -2.73. The lowest BCUT2D eigenvalue weighted by Crippen LogP contribution is -2.18. The standard InChI is InChI=1S/C20H11Cl2N3O2/c21-7-1-3-11-9(5-7)13-15-16(20(27)25-19(15)26)14-10-6-8(22)2-4-12(10)24-18(14)17(13)23-11/h1-6,19,23-24,26H,(H,25,27). The third-order valence-electron chi connectivity index (χ3n) is 5.33. The minimum absolute atomic E-state index is 0.304. The Morgan fingerprint density at radius 3 is 2.04 bits per heavy atom. The van der Waals surface area contributed by atoms with Gasteiger partial charge in [-0.15, -0.1) is 0 Å². The molecule has 132 valence electrons. The van der Waals surface area contributed by atoms with Crippen LogP contribution >= 0.6 is 23.2 Å². The third-order valence-corrected chi connectivity index (χ3v) is 5.80. The first kappa shape index (κ1) is 15.3. The topological polar surface area (TPSA) is 80.9 Å². The number of aromatic amines is 2. The second kappa shape index (κ2) is 4.95. The highest BCUT2D eigenvalue weighted by atomic mass is 35.5. The summed E-state index contributed by atoms with van der Waals surface area (Å²) < 4.78 is 0. The Labute approximate surface area is 161 Å². The third kappa shape index (κ3) is 1.86. The van der Waals surface area contributed by atoms with Crippen LogP contribution in [0.2, 0.25) is 10.0 Å². The van der Waals surface area contributed by atoms with Crippen LogP contribution in [0, 0.1) is 0 Å². The maximum absolute atomic E-state index is 12.7. The second-order valence-corrected chi connectivity index (χ2v) is 7.67. The molecule has 0 radical (unpaired) electrons. The highest BCUT2D eigenvalue weighted by Crippen LogP contribution is 2.44. The average molecular weight is 396 g/mol. The Morgan fingerprint density at radius 2 is 1.41 bits per heavy atom. The van der Waals surface area contributed by atoms with Gasteiger partial charge >= 0.3 is 0 Å². The van der Waals surface area contributed by atoms with Crippen molar-refractivity contribution in [2.45, 2.75) is 6.23 Å². The van der Waals surface area contributed by atoms with E-state index in [4.69, 9.17) is 23.2 Å². The molecule has 0 aliphatic carbocycles. The molecule has 1 aliphatic heterocycles. The number of hydrogen-bond acceptors (Lipinski definition) is 2. The number of carbonyl (C=O) groups excluding carboxylic acids is 1. The molecule has 6 rings (SSSR count). The van der Waals surface area contributed by atoms with Gasteiger partial charge in [-0.25, -0.2) is 0 Å². The molecule has 4 N–H and O–H groups in total. The SMILES string of the molecule is O=C1NC(O)c2c1c1c3cc(Cl)ccc3[nH]c1c1[nH]c3ccc(Cl)cc3c21. The number of benzene rings is 3. The molecular weight excluding hydrogens is 385 g/mol. The monoisotopic (exact) mass is 395 g/mol. The van der Waals surface area contributed by atoms with E-state index in [2.05, 4.69) is 15.3 Å². The number of aliphatic hydroxyl groups is 1. The van der Waals surface area contributed by atoms with Crippen LogP contribution in [0.3, 0.4) is 0 Å². The molecule has 3 heterocycles. The highest BCUT2D eigenvalue weighted by Gasteiger charge is 2.34. The fourth-order valence-electron chi connectivity index (χ4n) is 4.28. The van der Waals surface area contributed by atoms with Gasteiger partial charge in [-0.2, -0.15) is 0 Å². The van der Waals surface area contributed by atoms with Crippen molar-refractivity contribution in [2.75, 3.05) is 0 Å². The molecule has 0 bridgehead atoms. The summed E-state index contributed by atoms with van der Waals surface area (Å²) in [5, 5.41) is 17.7. The number of halogens is 2. The number of aromatic nitrogens is 2. The summed E-state index contributed by atoms with van der Waals surface area (Å²) in [7, 11) is 0. The molecule has 5 nitrogen and oxygen atoms in total. The van der Waals surface area contributed by atoms with Crippen LogP contribution in [-0.2, 0) is 0 Å². The van der Waals surface area contributed by atoms with Crippen molar-refractivity contribution in [3.05, 3.63) is 57.6 Å². The van der Waals surface area contributed by atoms with E-state index in [1.165, 1.54) is 0 Å². The van der Waals surface area contributed by atoms with Crippen LogP contribution in [-0.4, -0.2) is 21.0 Å². The number of hydrogen-bond donors (Lipinski definition) is 4. The van der Waals surface area contributed by atoms with Crippen molar-refractivity contribution in [3.63, 3.8) is 0 Å². The van der Waals surface area contributed by atoms with Gasteiger partial charge in [-0.1, -0.05) is 23.2 Å². The number of aliphatic hydroxyl groups excluding tert-OH is 1. The molecular formula is C20H11Cl2N3O2. The van der Waals surface area contributed by atoms with E-state index in [1.54, 1.807) is 6.07 Å². The minimum Gasteiger partial charge on any atom is -0.369 e. The van der Waals surface area contributed by atoms with E-state index in [0.29, 0.717) is 21.2 Å². The largest absolute Gasteiger partial charge is 0.369 e. The minimum atomic E-state index is -1.08. The van der Waals surface area contributed by atoms with Gasteiger partial charge in [0.25, 0.3) is 5.91 Å². The summed E-state index contributed by atoms with van der Waals surface area (Å²) >= 11 is 12.4. The van der Waals surface area contributed by atoms with Crippen molar-refractivity contribution in [1.82, 2.24) is 15.3 Å². The molecule has 5 aromatic rings. The first-order chi connectivity index (χ1) is 13.0. The van der Waals surface area contributed by atoms with Crippen molar-refractivity contribution >= 4 is 72.7 Å². The normalized spacial score (nSPS) is 16.7. The van der Waals surface area contributed by atoms with Crippen LogP contribution in [0.4, 0.5) is 0 Å². The van der Waals surface area contributed by atoms with Crippen molar-refractivity contribution < 1.29 is 9.90 Å².